The molecule has 19 heavy (non-hydrogen) atoms. The van der Waals surface area contributed by atoms with Crippen LogP contribution in [0.15, 0.2) is 29.6 Å². The molecule has 0 aliphatic carbocycles. The molecule has 0 unspecified atom stereocenters. The smallest absolute Gasteiger partial charge is 0.269 e. The molecule has 0 radical (unpaired) electrons. The molecule has 1 N–H and O–H groups in total. The Morgan fingerprint density at radius 3 is 2.63 bits per heavy atom. The first-order valence-corrected chi connectivity index (χ1v) is 6.42. The minimum atomic E-state index is -0.400. The van der Waals surface area contributed by atoms with Crippen LogP contribution in [-0.4, -0.2) is 23.5 Å². The zero-order valence-corrected chi connectivity index (χ0v) is 12.0. The van der Waals surface area contributed by atoms with Crippen LogP contribution in [-0.2, 0) is 6.42 Å². The number of benzene rings is 1. The Hall–Kier alpha value is -1.50. The number of likely N-dealkylation sites (N-methyl/N-ethyl adjacent to an activating group) is 1. The van der Waals surface area contributed by atoms with Crippen LogP contribution in [0.3, 0.4) is 0 Å². The zero-order chi connectivity index (χ0) is 13.0. The fourth-order valence-corrected chi connectivity index (χ4v) is 2.35. The number of hydrogen-bond acceptors (Lipinski definition) is 5. The van der Waals surface area contributed by atoms with E-state index in [0.29, 0.717) is 0 Å². The highest BCUT2D eigenvalue weighted by Gasteiger charge is 2.07. The topological polar surface area (TPSA) is 68.1 Å². The molecule has 1 aromatic heterocycles. The van der Waals surface area contributed by atoms with Gasteiger partial charge in [-0.25, -0.2) is 4.98 Å². The maximum atomic E-state index is 10.6. The third-order valence-corrected chi connectivity index (χ3v) is 3.42. The van der Waals surface area contributed by atoms with Gasteiger partial charge in [0.25, 0.3) is 5.69 Å². The average Bonchev–Trinajstić information content (AvgIpc) is 2.85. The lowest BCUT2D eigenvalue weighted by molar-refractivity contribution is -0.384. The number of rotatable bonds is 5. The van der Waals surface area contributed by atoms with E-state index in [0.717, 1.165) is 29.2 Å². The van der Waals surface area contributed by atoms with Gasteiger partial charge in [-0.1, -0.05) is 0 Å². The Morgan fingerprint density at radius 1 is 1.37 bits per heavy atom. The van der Waals surface area contributed by atoms with E-state index in [-0.39, 0.29) is 18.1 Å². The molecule has 2 rings (SSSR count). The van der Waals surface area contributed by atoms with Crippen molar-refractivity contribution >= 4 is 29.4 Å². The summed E-state index contributed by atoms with van der Waals surface area (Å²) in [6, 6.07) is 6.47. The van der Waals surface area contributed by atoms with Gasteiger partial charge in [0.05, 0.1) is 15.6 Å². The lowest BCUT2D eigenvalue weighted by Crippen LogP contribution is -2.09. The molecule has 0 amide bonds. The normalized spacial score (nSPS) is 9.95. The Balaban J connectivity index is 0.00000180. The van der Waals surface area contributed by atoms with Crippen molar-refractivity contribution in [1.82, 2.24) is 10.3 Å². The van der Waals surface area contributed by atoms with Crippen molar-refractivity contribution in [2.45, 2.75) is 6.42 Å². The van der Waals surface area contributed by atoms with E-state index in [1.807, 2.05) is 12.4 Å². The van der Waals surface area contributed by atoms with Crippen LogP contribution >= 0.6 is 23.7 Å². The fourth-order valence-electron chi connectivity index (χ4n) is 1.54. The number of hydrogen-bond donors (Lipinski definition) is 1. The van der Waals surface area contributed by atoms with Crippen molar-refractivity contribution in [3.63, 3.8) is 0 Å². The summed E-state index contributed by atoms with van der Waals surface area (Å²) >= 11 is 1.61. The van der Waals surface area contributed by atoms with E-state index in [9.17, 15) is 10.1 Å². The number of non-ortho nitro benzene ring substituents is 1. The van der Waals surface area contributed by atoms with Crippen molar-refractivity contribution in [2.24, 2.45) is 0 Å². The second kappa shape index (κ2) is 7.18. The molecule has 7 heteroatoms. The first-order chi connectivity index (χ1) is 8.70. The molecule has 0 atom stereocenters. The SMILES string of the molecule is CNCCc1nc(-c2ccc([N+](=O)[O-])cc2)cs1.Cl. The molecule has 1 aromatic carbocycles. The molecule has 0 bridgehead atoms. The molecule has 2 aromatic rings. The highest BCUT2D eigenvalue weighted by molar-refractivity contribution is 7.09. The van der Waals surface area contributed by atoms with Gasteiger partial charge in [-0.3, -0.25) is 10.1 Å². The number of nitro groups is 1. The van der Waals surface area contributed by atoms with E-state index < -0.39 is 4.92 Å². The van der Waals surface area contributed by atoms with Gasteiger partial charge in [0.2, 0.25) is 0 Å². The van der Waals surface area contributed by atoms with Crippen LogP contribution < -0.4 is 5.32 Å². The number of halogens is 1. The number of nitrogens with one attached hydrogen (secondary N) is 1. The Morgan fingerprint density at radius 2 is 2.05 bits per heavy atom. The van der Waals surface area contributed by atoms with Crippen molar-refractivity contribution in [1.29, 1.82) is 0 Å². The van der Waals surface area contributed by atoms with E-state index in [4.69, 9.17) is 0 Å². The maximum Gasteiger partial charge on any atom is 0.269 e. The van der Waals surface area contributed by atoms with Gasteiger partial charge in [-0.2, -0.15) is 0 Å². The molecule has 0 saturated carbocycles. The Bertz CT molecular complexity index is 542. The molecule has 0 aliphatic heterocycles. The first kappa shape index (κ1) is 15.6. The molecule has 1 heterocycles. The first-order valence-electron chi connectivity index (χ1n) is 5.54. The van der Waals surface area contributed by atoms with Crippen molar-refractivity contribution in [3.05, 3.63) is 44.8 Å². The van der Waals surface area contributed by atoms with Crippen LogP contribution in [0.4, 0.5) is 5.69 Å². The van der Waals surface area contributed by atoms with Gasteiger partial charge >= 0.3 is 0 Å². The third-order valence-electron chi connectivity index (χ3n) is 2.51. The zero-order valence-electron chi connectivity index (χ0n) is 10.3. The second-order valence-electron chi connectivity index (χ2n) is 3.78. The van der Waals surface area contributed by atoms with E-state index in [1.165, 1.54) is 12.1 Å². The lowest BCUT2D eigenvalue weighted by atomic mass is 10.1. The summed E-state index contributed by atoms with van der Waals surface area (Å²) in [5, 5.41) is 16.7. The van der Waals surface area contributed by atoms with Gasteiger partial charge in [-0.15, -0.1) is 23.7 Å². The number of nitro benzene ring substituents is 1. The predicted molar refractivity (Wildman–Crippen MR) is 79.1 cm³/mol. The number of thiazole rings is 1. The largest absolute Gasteiger partial charge is 0.319 e. The van der Waals surface area contributed by atoms with Gasteiger partial charge in [0, 0.05) is 36.0 Å². The minimum absolute atomic E-state index is 0. The van der Waals surface area contributed by atoms with Gasteiger partial charge in [0.1, 0.15) is 0 Å². The monoisotopic (exact) mass is 299 g/mol. The summed E-state index contributed by atoms with van der Waals surface area (Å²) in [5.74, 6) is 0. The fraction of sp³-hybridized carbons (Fsp3) is 0.250. The molecule has 102 valence electrons. The summed E-state index contributed by atoms with van der Waals surface area (Å²) in [6.07, 6.45) is 0.897. The molecular formula is C12H14ClN3O2S. The van der Waals surface area contributed by atoms with Gasteiger partial charge < -0.3 is 5.32 Å². The summed E-state index contributed by atoms with van der Waals surface area (Å²) in [7, 11) is 1.91. The van der Waals surface area contributed by atoms with Crippen LogP contribution in [0.2, 0.25) is 0 Å². The van der Waals surface area contributed by atoms with Crippen LogP contribution in [0, 0.1) is 10.1 Å². The Kier molecular flexibility index (Phi) is 5.88. The van der Waals surface area contributed by atoms with E-state index in [1.54, 1.807) is 23.5 Å². The summed E-state index contributed by atoms with van der Waals surface area (Å²) < 4.78 is 0. The van der Waals surface area contributed by atoms with Crippen LogP contribution in [0.1, 0.15) is 5.01 Å². The van der Waals surface area contributed by atoms with Crippen LogP contribution in [0.5, 0.6) is 0 Å². The molecule has 0 saturated heterocycles. The summed E-state index contributed by atoms with van der Waals surface area (Å²) in [6.45, 7) is 0.896. The quantitative estimate of drug-likeness (QED) is 0.681. The van der Waals surface area contributed by atoms with Crippen molar-refractivity contribution in [3.8, 4) is 11.3 Å². The van der Waals surface area contributed by atoms with Crippen LogP contribution in [0.25, 0.3) is 11.3 Å². The third kappa shape index (κ3) is 3.99. The summed E-state index contributed by atoms with van der Waals surface area (Å²) in [5.41, 5.74) is 1.89. The summed E-state index contributed by atoms with van der Waals surface area (Å²) in [4.78, 5) is 14.7. The molecule has 5 nitrogen and oxygen atoms in total. The minimum Gasteiger partial charge on any atom is -0.319 e. The van der Waals surface area contributed by atoms with Gasteiger partial charge in [0.15, 0.2) is 0 Å². The van der Waals surface area contributed by atoms with E-state index in [2.05, 4.69) is 10.3 Å². The average molecular weight is 300 g/mol. The lowest BCUT2D eigenvalue weighted by Gasteiger charge is -1.96. The van der Waals surface area contributed by atoms with Gasteiger partial charge in [-0.05, 0) is 19.2 Å². The standard InChI is InChI=1S/C12H13N3O2S.ClH/c1-13-7-6-12-14-11(8-18-12)9-2-4-10(5-3-9)15(16)17;/h2-5,8,13H,6-7H2,1H3;1H. The molecular weight excluding hydrogens is 286 g/mol. The Labute approximate surface area is 121 Å². The second-order valence-corrected chi connectivity index (χ2v) is 4.73. The predicted octanol–water partition coefficient (Wildman–Crippen LogP) is 2.90. The number of nitrogens with zero attached hydrogens (tertiary/aromatic N) is 2. The molecule has 0 aliphatic rings. The molecule has 0 spiro atoms. The molecule has 0 fully saturated rings. The number of aromatic nitrogens is 1. The highest BCUT2D eigenvalue weighted by atomic mass is 35.5. The van der Waals surface area contributed by atoms with E-state index >= 15 is 0 Å². The highest BCUT2D eigenvalue weighted by Crippen LogP contribution is 2.24. The maximum absolute atomic E-state index is 10.6. The van der Waals surface area contributed by atoms with Crippen molar-refractivity contribution in [2.75, 3.05) is 13.6 Å². The van der Waals surface area contributed by atoms with Crippen molar-refractivity contribution < 1.29 is 4.92 Å².